The number of carbonyl (C=O) groups is 1. The molecule has 4 aromatic rings. The predicted octanol–water partition coefficient (Wildman–Crippen LogP) is 4.44. The highest BCUT2D eigenvalue weighted by molar-refractivity contribution is 5.95. The third kappa shape index (κ3) is 2.98. The summed E-state index contributed by atoms with van der Waals surface area (Å²) in [5, 5.41) is 4.67. The Kier molecular flexibility index (Phi) is 4.36. The van der Waals surface area contributed by atoms with Gasteiger partial charge in [0.15, 0.2) is 17.5 Å². The molecule has 5 heterocycles. The van der Waals surface area contributed by atoms with Gasteiger partial charge in [0.05, 0.1) is 41.0 Å². The molecule has 2 bridgehead atoms. The first-order valence-corrected chi connectivity index (χ1v) is 10.9. The number of imidazole rings is 1. The fraction of sp³-hybridized carbons (Fsp3) is 0.292. The van der Waals surface area contributed by atoms with Crippen LogP contribution in [0.25, 0.3) is 16.8 Å². The molecule has 1 amide bonds. The zero-order valence-electron chi connectivity index (χ0n) is 17.8. The van der Waals surface area contributed by atoms with Crippen molar-refractivity contribution < 1.29 is 18.0 Å². The van der Waals surface area contributed by atoms with Gasteiger partial charge < -0.3 is 9.30 Å². The van der Waals surface area contributed by atoms with Crippen molar-refractivity contribution in [2.45, 2.75) is 37.8 Å². The summed E-state index contributed by atoms with van der Waals surface area (Å²) in [7, 11) is 1.70. The van der Waals surface area contributed by atoms with Gasteiger partial charge in [0.1, 0.15) is 0 Å². The van der Waals surface area contributed by atoms with Crippen LogP contribution in [-0.4, -0.2) is 36.0 Å². The first-order valence-electron chi connectivity index (χ1n) is 10.9. The Morgan fingerprint density at radius 1 is 1.12 bits per heavy atom. The number of benzene rings is 1. The van der Waals surface area contributed by atoms with Gasteiger partial charge in [-0.05, 0) is 49.9 Å². The molecule has 2 atom stereocenters. The van der Waals surface area contributed by atoms with Crippen molar-refractivity contribution in [3.05, 3.63) is 77.3 Å². The number of hydrogen-bond acceptors (Lipinski definition) is 3. The summed E-state index contributed by atoms with van der Waals surface area (Å²) in [6, 6.07) is 5.39. The molecule has 3 aromatic heterocycles. The number of aryl methyl sites for hydroxylation is 1. The molecular formula is C24H20F3N5O. The molecule has 6 rings (SSSR count). The maximum Gasteiger partial charge on any atom is 0.256 e. The van der Waals surface area contributed by atoms with Crippen molar-refractivity contribution in [2.75, 3.05) is 0 Å². The minimum Gasteiger partial charge on any atom is -0.327 e. The molecule has 0 unspecified atom stereocenters. The van der Waals surface area contributed by atoms with E-state index >= 15 is 0 Å². The van der Waals surface area contributed by atoms with E-state index in [9.17, 15) is 18.0 Å². The average molecular weight is 451 g/mol. The Labute approximate surface area is 187 Å². The van der Waals surface area contributed by atoms with Crippen molar-refractivity contribution in [3.8, 4) is 11.3 Å². The van der Waals surface area contributed by atoms with Crippen molar-refractivity contribution in [1.29, 1.82) is 0 Å². The number of hydrogen-bond donors (Lipinski definition) is 0. The fourth-order valence-corrected chi connectivity index (χ4v) is 5.40. The maximum atomic E-state index is 14.0. The summed E-state index contributed by atoms with van der Waals surface area (Å²) >= 11 is 0. The lowest BCUT2D eigenvalue weighted by molar-refractivity contribution is 0.0391. The second-order valence-corrected chi connectivity index (χ2v) is 8.75. The molecule has 33 heavy (non-hydrogen) atoms. The lowest BCUT2D eigenvalue weighted by atomic mass is 9.81. The van der Waals surface area contributed by atoms with Crippen molar-refractivity contribution in [2.24, 2.45) is 7.05 Å². The van der Waals surface area contributed by atoms with Crippen LogP contribution in [0.5, 0.6) is 0 Å². The average Bonchev–Trinajstić information content (AvgIpc) is 3.39. The van der Waals surface area contributed by atoms with E-state index in [1.54, 1.807) is 36.5 Å². The number of nitrogens with zero attached hydrogens (tertiary/aromatic N) is 5. The molecule has 0 aliphatic carbocycles. The fourth-order valence-electron chi connectivity index (χ4n) is 5.40. The molecule has 6 nitrogen and oxygen atoms in total. The molecule has 0 radical (unpaired) electrons. The van der Waals surface area contributed by atoms with Gasteiger partial charge >= 0.3 is 0 Å². The number of rotatable bonds is 2. The van der Waals surface area contributed by atoms with Gasteiger partial charge in [-0.25, -0.2) is 18.2 Å². The van der Waals surface area contributed by atoms with Crippen molar-refractivity contribution in [1.82, 2.24) is 24.1 Å². The van der Waals surface area contributed by atoms with E-state index in [-0.39, 0.29) is 23.6 Å². The van der Waals surface area contributed by atoms with E-state index in [0.717, 1.165) is 48.2 Å². The molecule has 2 aliphatic rings. The standard InChI is InChI=1S/C24H20F3N5O/c1-30-23(14-7-18(25)21(27)19(26)8-14)17-9-15-3-2-4-20(22(17)29-30)32(15)24(33)13-5-6-16-10-28-12-31(16)11-13/h5-8,10-12,15,20H,2-4,9H2,1H3/t15-,20+/m1/s1. The summed E-state index contributed by atoms with van der Waals surface area (Å²) < 4.78 is 44.9. The van der Waals surface area contributed by atoms with E-state index in [2.05, 4.69) is 10.1 Å². The highest BCUT2D eigenvalue weighted by Crippen LogP contribution is 2.45. The topological polar surface area (TPSA) is 55.4 Å². The van der Waals surface area contributed by atoms with E-state index in [1.165, 1.54) is 0 Å². The van der Waals surface area contributed by atoms with E-state index in [4.69, 9.17) is 0 Å². The number of amides is 1. The Balaban J connectivity index is 1.43. The Bertz CT molecular complexity index is 1400. The van der Waals surface area contributed by atoms with Crippen molar-refractivity contribution in [3.63, 3.8) is 0 Å². The van der Waals surface area contributed by atoms with Crippen molar-refractivity contribution >= 4 is 11.4 Å². The molecular weight excluding hydrogens is 431 g/mol. The summed E-state index contributed by atoms with van der Waals surface area (Å²) in [5.74, 6) is -4.03. The van der Waals surface area contributed by atoms with Gasteiger partial charge in [-0.2, -0.15) is 5.10 Å². The molecule has 1 saturated heterocycles. The molecule has 1 fully saturated rings. The lowest BCUT2D eigenvalue weighted by Gasteiger charge is -2.45. The summed E-state index contributed by atoms with van der Waals surface area (Å²) in [6.07, 6.45) is 8.24. The third-order valence-electron chi connectivity index (χ3n) is 6.82. The zero-order chi connectivity index (χ0) is 22.9. The van der Waals surface area contributed by atoms with Crippen LogP contribution >= 0.6 is 0 Å². The molecule has 0 N–H and O–H groups in total. The smallest absolute Gasteiger partial charge is 0.256 e. The largest absolute Gasteiger partial charge is 0.327 e. The number of carbonyl (C=O) groups excluding carboxylic acids is 1. The van der Waals surface area contributed by atoms with Crippen LogP contribution < -0.4 is 0 Å². The quantitative estimate of drug-likeness (QED) is 0.424. The first kappa shape index (κ1) is 20.0. The Morgan fingerprint density at radius 2 is 1.91 bits per heavy atom. The van der Waals surface area contributed by atoms with Crippen LogP contribution in [0.4, 0.5) is 13.2 Å². The van der Waals surface area contributed by atoms with Gasteiger partial charge in [0.2, 0.25) is 0 Å². The van der Waals surface area contributed by atoms with Gasteiger partial charge in [0, 0.05) is 30.4 Å². The summed E-state index contributed by atoms with van der Waals surface area (Å²) in [6.45, 7) is 0. The third-order valence-corrected chi connectivity index (χ3v) is 6.82. The highest BCUT2D eigenvalue weighted by Gasteiger charge is 2.43. The Hall–Kier alpha value is -3.62. The number of aromatic nitrogens is 4. The molecule has 168 valence electrons. The summed E-state index contributed by atoms with van der Waals surface area (Å²) in [5.41, 5.74) is 3.88. The second-order valence-electron chi connectivity index (χ2n) is 8.75. The number of halogens is 3. The van der Waals surface area contributed by atoms with Crippen LogP contribution in [0.2, 0.25) is 0 Å². The molecule has 0 spiro atoms. The van der Waals surface area contributed by atoms with Crippen LogP contribution in [0.3, 0.4) is 0 Å². The number of piperidine rings is 1. The first-order chi connectivity index (χ1) is 15.9. The van der Waals surface area contributed by atoms with E-state index in [0.29, 0.717) is 17.7 Å². The second kappa shape index (κ2) is 7.19. The Morgan fingerprint density at radius 3 is 2.70 bits per heavy atom. The van der Waals surface area contributed by atoms with Gasteiger partial charge in [-0.3, -0.25) is 9.48 Å². The predicted molar refractivity (Wildman–Crippen MR) is 114 cm³/mol. The highest BCUT2D eigenvalue weighted by atomic mass is 19.2. The SMILES string of the molecule is Cn1nc2c(c1-c1cc(F)c(F)c(F)c1)C[C@H]1CCC[C@@H]2N1C(=O)c1ccc2cncn2c1. The molecule has 9 heteroatoms. The van der Waals surface area contributed by atoms with Crippen LogP contribution in [0.1, 0.15) is 46.9 Å². The number of pyridine rings is 1. The van der Waals surface area contributed by atoms with Crippen LogP contribution in [-0.2, 0) is 13.5 Å². The van der Waals surface area contributed by atoms with Crippen LogP contribution in [0, 0.1) is 17.5 Å². The van der Waals surface area contributed by atoms with Crippen LogP contribution in [0.15, 0.2) is 43.0 Å². The normalized spacial score (nSPS) is 19.7. The maximum absolute atomic E-state index is 14.0. The minimum absolute atomic E-state index is 0.0553. The lowest BCUT2D eigenvalue weighted by Crippen LogP contribution is -2.49. The minimum atomic E-state index is -1.49. The van der Waals surface area contributed by atoms with Gasteiger partial charge in [-0.1, -0.05) is 0 Å². The van der Waals surface area contributed by atoms with Gasteiger partial charge in [-0.15, -0.1) is 0 Å². The monoisotopic (exact) mass is 451 g/mol. The zero-order valence-corrected chi connectivity index (χ0v) is 17.8. The molecule has 1 aromatic carbocycles. The summed E-state index contributed by atoms with van der Waals surface area (Å²) in [4.78, 5) is 19.6. The van der Waals surface area contributed by atoms with Gasteiger partial charge in [0.25, 0.3) is 5.91 Å². The molecule has 0 saturated carbocycles. The number of fused-ring (bicyclic) bond motifs is 5. The molecule has 2 aliphatic heterocycles. The van der Waals surface area contributed by atoms with E-state index < -0.39 is 17.5 Å². The van der Waals surface area contributed by atoms with E-state index in [1.807, 2.05) is 15.4 Å².